The van der Waals surface area contributed by atoms with Gasteiger partial charge in [-0.3, -0.25) is 9.89 Å². The lowest BCUT2D eigenvalue weighted by Crippen LogP contribution is -2.17. The minimum atomic E-state index is -0.368. The lowest BCUT2D eigenvalue weighted by molar-refractivity contribution is 0.0950. The number of amides is 1. The Morgan fingerprint density at radius 1 is 1.22 bits per heavy atom. The van der Waals surface area contributed by atoms with Gasteiger partial charge in [0.05, 0.1) is 12.8 Å². The second-order valence-corrected chi connectivity index (χ2v) is 6.41. The number of carbonyl (C=O) groups is 1. The largest absolute Gasteiger partial charge is 0.496 e. The number of para-hydroxylation sites is 1. The van der Waals surface area contributed by atoms with Crippen LogP contribution in [0.5, 0.6) is 5.75 Å². The van der Waals surface area contributed by atoms with Crippen molar-refractivity contribution in [2.75, 3.05) is 7.11 Å². The molecule has 0 saturated heterocycles. The zero-order chi connectivity index (χ0) is 19.1. The van der Waals surface area contributed by atoms with Crippen molar-refractivity contribution in [2.45, 2.75) is 0 Å². The predicted octanol–water partition coefficient (Wildman–Crippen LogP) is 4.28. The number of aromatic amines is 1. The van der Waals surface area contributed by atoms with Gasteiger partial charge in [-0.15, -0.1) is 0 Å². The van der Waals surface area contributed by atoms with Crippen molar-refractivity contribution >= 4 is 34.1 Å². The molecule has 0 unspecified atom stereocenters. The Labute approximate surface area is 165 Å². The molecule has 0 aliphatic carbocycles. The maximum absolute atomic E-state index is 12.1. The number of benzene rings is 2. The van der Waals surface area contributed by atoms with Crippen molar-refractivity contribution < 1.29 is 9.53 Å². The van der Waals surface area contributed by atoms with Crippen LogP contribution in [-0.4, -0.2) is 29.4 Å². The van der Waals surface area contributed by atoms with E-state index < -0.39 is 0 Å². The van der Waals surface area contributed by atoms with Crippen LogP contribution in [-0.2, 0) is 0 Å². The Hall–Kier alpha value is -3.19. The number of nitrogens with zero attached hydrogens (tertiary/aromatic N) is 2. The SMILES string of the molecule is COc1ccccc1C=CC=NNC(=O)c1cc(-c2ccc(Br)cc2)n[nH]1. The highest BCUT2D eigenvalue weighted by molar-refractivity contribution is 9.10. The van der Waals surface area contributed by atoms with Gasteiger partial charge in [-0.1, -0.05) is 46.3 Å². The molecule has 136 valence electrons. The molecule has 0 spiro atoms. The molecule has 3 rings (SSSR count). The third-order valence-electron chi connectivity index (χ3n) is 3.70. The molecule has 0 atom stereocenters. The van der Waals surface area contributed by atoms with E-state index in [1.165, 1.54) is 6.21 Å². The second kappa shape index (κ2) is 8.95. The molecule has 1 heterocycles. The van der Waals surface area contributed by atoms with Gasteiger partial charge in [0.25, 0.3) is 5.91 Å². The van der Waals surface area contributed by atoms with E-state index in [1.54, 1.807) is 19.3 Å². The first-order valence-corrected chi connectivity index (χ1v) is 8.91. The molecule has 0 aliphatic heterocycles. The van der Waals surface area contributed by atoms with E-state index in [-0.39, 0.29) is 5.91 Å². The monoisotopic (exact) mass is 424 g/mol. The number of allylic oxidation sites excluding steroid dienone is 1. The van der Waals surface area contributed by atoms with Crippen LogP contribution in [0.3, 0.4) is 0 Å². The number of hydrogen-bond donors (Lipinski definition) is 2. The van der Waals surface area contributed by atoms with Crippen molar-refractivity contribution in [2.24, 2.45) is 5.10 Å². The van der Waals surface area contributed by atoms with Gasteiger partial charge in [0.2, 0.25) is 0 Å². The Morgan fingerprint density at radius 2 is 2.00 bits per heavy atom. The van der Waals surface area contributed by atoms with E-state index in [1.807, 2.05) is 54.6 Å². The number of ether oxygens (including phenoxy) is 1. The van der Waals surface area contributed by atoms with Crippen LogP contribution in [0.25, 0.3) is 17.3 Å². The van der Waals surface area contributed by atoms with Gasteiger partial charge in [0, 0.05) is 21.8 Å². The molecule has 3 aromatic rings. The first kappa shape index (κ1) is 18.6. The number of halogens is 1. The van der Waals surface area contributed by atoms with Gasteiger partial charge in [0.15, 0.2) is 0 Å². The summed E-state index contributed by atoms with van der Waals surface area (Å²) in [6, 6.07) is 17.0. The smallest absolute Gasteiger partial charge is 0.289 e. The fraction of sp³-hybridized carbons (Fsp3) is 0.0500. The Bertz CT molecular complexity index is 978. The molecule has 0 saturated carbocycles. The molecular formula is C20H17BrN4O2. The minimum absolute atomic E-state index is 0.332. The van der Waals surface area contributed by atoms with Crippen LogP contribution in [0.1, 0.15) is 16.1 Å². The summed E-state index contributed by atoms with van der Waals surface area (Å²) in [5, 5.41) is 10.8. The number of nitrogens with one attached hydrogen (secondary N) is 2. The normalized spacial score (nSPS) is 11.2. The van der Waals surface area contributed by atoms with Crippen LogP contribution in [0, 0.1) is 0 Å². The lowest BCUT2D eigenvalue weighted by atomic mass is 10.1. The molecule has 7 heteroatoms. The van der Waals surface area contributed by atoms with Gasteiger partial charge < -0.3 is 4.74 Å². The summed E-state index contributed by atoms with van der Waals surface area (Å²) in [5.74, 6) is 0.400. The fourth-order valence-electron chi connectivity index (χ4n) is 2.36. The molecule has 2 N–H and O–H groups in total. The van der Waals surface area contributed by atoms with E-state index in [4.69, 9.17) is 4.74 Å². The van der Waals surface area contributed by atoms with E-state index in [0.717, 1.165) is 21.3 Å². The predicted molar refractivity (Wildman–Crippen MR) is 110 cm³/mol. The zero-order valence-corrected chi connectivity index (χ0v) is 16.1. The number of carbonyl (C=O) groups excluding carboxylic acids is 1. The zero-order valence-electron chi connectivity index (χ0n) is 14.5. The van der Waals surface area contributed by atoms with E-state index in [9.17, 15) is 4.79 Å². The summed E-state index contributed by atoms with van der Waals surface area (Å²) in [7, 11) is 1.62. The highest BCUT2D eigenvalue weighted by Gasteiger charge is 2.10. The Morgan fingerprint density at radius 3 is 2.78 bits per heavy atom. The van der Waals surface area contributed by atoms with Crippen LogP contribution in [0.2, 0.25) is 0 Å². The lowest BCUT2D eigenvalue weighted by Gasteiger charge is -2.02. The average molecular weight is 425 g/mol. The van der Waals surface area contributed by atoms with E-state index >= 15 is 0 Å². The number of rotatable bonds is 6. The van der Waals surface area contributed by atoms with Gasteiger partial charge >= 0.3 is 0 Å². The number of methoxy groups -OCH3 is 1. The van der Waals surface area contributed by atoms with Crippen LogP contribution in [0.15, 0.2) is 70.2 Å². The number of H-pyrrole nitrogens is 1. The molecule has 2 aromatic carbocycles. The molecule has 6 nitrogen and oxygen atoms in total. The molecule has 0 aliphatic rings. The summed E-state index contributed by atoms with van der Waals surface area (Å²) in [5.41, 5.74) is 5.31. The van der Waals surface area contributed by atoms with Crippen molar-refractivity contribution in [3.63, 3.8) is 0 Å². The topological polar surface area (TPSA) is 79.4 Å². The number of aromatic nitrogens is 2. The average Bonchev–Trinajstić information content (AvgIpc) is 3.19. The van der Waals surface area contributed by atoms with Crippen molar-refractivity contribution in [3.8, 4) is 17.0 Å². The minimum Gasteiger partial charge on any atom is -0.496 e. The van der Waals surface area contributed by atoms with Crippen LogP contribution >= 0.6 is 15.9 Å². The highest BCUT2D eigenvalue weighted by Crippen LogP contribution is 2.20. The van der Waals surface area contributed by atoms with Crippen molar-refractivity contribution in [3.05, 3.63) is 76.4 Å². The maximum Gasteiger partial charge on any atom is 0.289 e. The van der Waals surface area contributed by atoms with Crippen molar-refractivity contribution in [1.82, 2.24) is 15.6 Å². The summed E-state index contributed by atoms with van der Waals surface area (Å²) in [6.07, 6.45) is 5.06. The molecule has 0 fully saturated rings. The Balaban J connectivity index is 1.58. The van der Waals surface area contributed by atoms with E-state index in [0.29, 0.717) is 11.4 Å². The molecule has 27 heavy (non-hydrogen) atoms. The first-order valence-electron chi connectivity index (χ1n) is 8.12. The molecule has 0 radical (unpaired) electrons. The standard InChI is InChI=1S/C20H17BrN4O2/c1-27-19-7-3-2-5-15(19)6-4-12-22-25-20(26)18-13-17(23-24-18)14-8-10-16(21)11-9-14/h2-13H,1H3,(H,23,24)(H,25,26). The van der Waals surface area contributed by atoms with Crippen molar-refractivity contribution in [1.29, 1.82) is 0 Å². The van der Waals surface area contributed by atoms with Gasteiger partial charge in [0.1, 0.15) is 11.4 Å². The highest BCUT2D eigenvalue weighted by atomic mass is 79.9. The fourth-order valence-corrected chi connectivity index (χ4v) is 2.62. The summed E-state index contributed by atoms with van der Waals surface area (Å²) in [6.45, 7) is 0. The third kappa shape index (κ3) is 4.92. The second-order valence-electron chi connectivity index (χ2n) is 5.49. The quantitative estimate of drug-likeness (QED) is 0.457. The third-order valence-corrected chi connectivity index (χ3v) is 4.23. The van der Waals surface area contributed by atoms with Gasteiger partial charge in [-0.05, 0) is 36.4 Å². The van der Waals surface area contributed by atoms with Gasteiger partial charge in [-0.2, -0.15) is 10.2 Å². The molecule has 0 bridgehead atoms. The van der Waals surface area contributed by atoms with Crippen LogP contribution in [0.4, 0.5) is 0 Å². The summed E-state index contributed by atoms with van der Waals surface area (Å²) in [4.78, 5) is 12.1. The maximum atomic E-state index is 12.1. The molecule has 1 aromatic heterocycles. The first-order chi connectivity index (χ1) is 13.2. The summed E-state index contributed by atoms with van der Waals surface area (Å²) < 4.78 is 6.25. The number of hydrogen-bond acceptors (Lipinski definition) is 4. The summed E-state index contributed by atoms with van der Waals surface area (Å²) >= 11 is 3.39. The van der Waals surface area contributed by atoms with E-state index in [2.05, 4.69) is 36.7 Å². The number of hydrazone groups is 1. The molecule has 1 amide bonds. The van der Waals surface area contributed by atoms with Gasteiger partial charge in [-0.25, -0.2) is 5.43 Å². The molecular weight excluding hydrogens is 408 g/mol. The Kier molecular flexibility index (Phi) is 6.17. The van der Waals surface area contributed by atoms with Crippen LogP contribution < -0.4 is 10.2 Å².